The molecule has 0 aromatic carbocycles. The lowest BCUT2D eigenvalue weighted by Crippen LogP contribution is -2.40. The first kappa shape index (κ1) is 12.8. The van der Waals surface area contributed by atoms with Gasteiger partial charge in [-0.1, -0.05) is 0 Å². The van der Waals surface area contributed by atoms with Crippen LogP contribution in [0.15, 0.2) is 12.3 Å². The standard InChI is InChI=1S/C16H26N4/c1-9(2)20-6-5-12(19-20)8-13(18-17)16-14-10-3-4-11(7-10)15(14)16/h5-6,9-11,13-16,18H,3-4,7-8,17H2,1-2H3. The van der Waals surface area contributed by atoms with Crippen LogP contribution in [0.1, 0.15) is 44.8 Å². The summed E-state index contributed by atoms with van der Waals surface area (Å²) in [5, 5.41) is 4.68. The summed E-state index contributed by atoms with van der Waals surface area (Å²) in [6.45, 7) is 4.33. The number of nitrogens with zero attached hydrogens (tertiary/aromatic N) is 2. The fourth-order valence-electron chi connectivity index (χ4n) is 5.24. The lowest BCUT2D eigenvalue weighted by atomic mass is 9.95. The maximum absolute atomic E-state index is 5.86. The van der Waals surface area contributed by atoms with E-state index in [2.05, 4.69) is 36.6 Å². The molecule has 5 unspecified atom stereocenters. The Balaban J connectivity index is 1.44. The molecule has 3 aliphatic carbocycles. The van der Waals surface area contributed by atoms with Crippen molar-refractivity contribution in [3.05, 3.63) is 18.0 Å². The molecule has 0 aliphatic heterocycles. The highest BCUT2D eigenvalue weighted by atomic mass is 15.3. The van der Waals surface area contributed by atoms with E-state index >= 15 is 0 Å². The molecule has 1 aromatic heterocycles. The van der Waals surface area contributed by atoms with E-state index in [-0.39, 0.29) is 0 Å². The Labute approximate surface area is 121 Å². The first-order valence-electron chi connectivity index (χ1n) is 8.19. The minimum atomic E-state index is 0.420. The lowest BCUT2D eigenvalue weighted by Gasteiger charge is -2.18. The Kier molecular flexibility index (Phi) is 2.93. The molecule has 0 spiro atoms. The summed E-state index contributed by atoms with van der Waals surface area (Å²) >= 11 is 0. The molecular weight excluding hydrogens is 248 g/mol. The highest BCUT2D eigenvalue weighted by Gasteiger charge is 2.66. The molecule has 4 rings (SSSR count). The van der Waals surface area contributed by atoms with E-state index in [9.17, 15) is 0 Å². The largest absolute Gasteiger partial charge is 0.271 e. The predicted octanol–water partition coefficient (Wildman–Crippen LogP) is 2.13. The van der Waals surface area contributed by atoms with Crippen LogP contribution in [0, 0.1) is 29.6 Å². The first-order valence-corrected chi connectivity index (χ1v) is 8.19. The maximum Gasteiger partial charge on any atom is 0.0640 e. The Morgan fingerprint density at radius 2 is 2.05 bits per heavy atom. The normalized spacial score (nSPS) is 39.3. The molecule has 3 fully saturated rings. The Hall–Kier alpha value is -0.870. The van der Waals surface area contributed by atoms with Gasteiger partial charge in [0.2, 0.25) is 0 Å². The van der Waals surface area contributed by atoms with Crippen molar-refractivity contribution in [3.63, 3.8) is 0 Å². The van der Waals surface area contributed by atoms with Crippen LogP contribution >= 0.6 is 0 Å². The number of hydrogen-bond donors (Lipinski definition) is 2. The molecule has 4 heteroatoms. The minimum Gasteiger partial charge on any atom is -0.271 e. The summed E-state index contributed by atoms with van der Waals surface area (Å²) in [6, 6.07) is 3.00. The van der Waals surface area contributed by atoms with Crippen LogP contribution in [0.5, 0.6) is 0 Å². The van der Waals surface area contributed by atoms with Gasteiger partial charge in [0.05, 0.1) is 5.69 Å². The van der Waals surface area contributed by atoms with Gasteiger partial charge in [0.1, 0.15) is 0 Å². The number of rotatable bonds is 5. The molecule has 3 saturated carbocycles. The maximum atomic E-state index is 5.86. The average molecular weight is 274 g/mol. The third-order valence-corrected chi connectivity index (χ3v) is 6.10. The molecule has 1 heterocycles. The lowest BCUT2D eigenvalue weighted by molar-refractivity contribution is 0.362. The topological polar surface area (TPSA) is 55.9 Å². The summed E-state index contributed by atoms with van der Waals surface area (Å²) in [6.07, 6.45) is 7.52. The number of hydrazine groups is 1. The number of nitrogens with one attached hydrogen (secondary N) is 1. The summed E-state index contributed by atoms with van der Waals surface area (Å²) in [7, 11) is 0. The van der Waals surface area contributed by atoms with Gasteiger partial charge < -0.3 is 0 Å². The molecule has 0 amide bonds. The van der Waals surface area contributed by atoms with Crippen LogP contribution < -0.4 is 11.3 Å². The van der Waals surface area contributed by atoms with Gasteiger partial charge in [0, 0.05) is 24.7 Å². The third-order valence-electron chi connectivity index (χ3n) is 6.10. The van der Waals surface area contributed by atoms with E-state index in [1.807, 2.05) is 4.68 Å². The molecule has 1 aromatic rings. The molecule has 3 N–H and O–H groups in total. The fourth-order valence-corrected chi connectivity index (χ4v) is 5.24. The molecule has 110 valence electrons. The van der Waals surface area contributed by atoms with Crippen molar-refractivity contribution in [2.45, 2.75) is 51.6 Å². The molecular formula is C16H26N4. The van der Waals surface area contributed by atoms with Crippen LogP contribution in [0.25, 0.3) is 0 Å². The second-order valence-corrected chi connectivity index (χ2v) is 7.42. The van der Waals surface area contributed by atoms with Gasteiger partial charge in [0.15, 0.2) is 0 Å². The van der Waals surface area contributed by atoms with Crippen LogP contribution in [-0.4, -0.2) is 15.8 Å². The van der Waals surface area contributed by atoms with Crippen LogP contribution in [0.3, 0.4) is 0 Å². The average Bonchev–Trinajstić information content (AvgIpc) is 2.85. The zero-order chi connectivity index (χ0) is 13.9. The van der Waals surface area contributed by atoms with Crippen molar-refractivity contribution in [2.24, 2.45) is 35.4 Å². The molecule has 0 radical (unpaired) electrons. The van der Waals surface area contributed by atoms with E-state index in [0.29, 0.717) is 12.1 Å². The monoisotopic (exact) mass is 274 g/mol. The summed E-state index contributed by atoms with van der Waals surface area (Å²) < 4.78 is 2.04. The van der Waals surface area contributed by atoms with Crippen LogP contribution in [0.4, 0.5) is 0 Å². The number of hydrogen-bond acceptors (Lipinski definition) is 3. The van der Waals surface area contributed by atoms with Gasteiger partial charge in [-0.2, -0.15) is 5.10 Å². The summed E-state index contributed by atoms with van der Waals surface area (Å²) in [4.78, 5) is 0. The molecule has 3 aliphatic rings. The molecule has 0 saturated heterocycles. The highest BCUT2D eigenvalue weighted by molar-refractivity contribution is 5.17. The molecule has 20 heavy (non-hydrogen) atoms. The SMILES string of the molecule is CC(C)n1ccc(CC(NN)C2C3C4CCC(C4)C32)n1. The minimum absolute atomic E-state index is 0.420. The predicted molar refractivity (Wildman–Crippen MR) is 78.7 cm³/mol. The van der Waals surface area contributed by atoms with Crippen molar-refractivity contribution in [1.29, 1.82) is 0 Å². The summed E-state index contributed by atoms with van der Waals surface area (Å²) in [5.41, 5.74) is 4.28. The van der Waals surface area contributed by atoms with Gasteiger partial charge in [-0.15, -0.1) is 0 Å². The number of fused-ring (bicyclic) bond motifs is 5. The number of nitrogens with two attached hydrogens (primary N) is 1. The van der Waals surface area contributed by atoms with Crippen LogP contribution in [0.2, 0.25) is 0 Å². The van der Waals surface area contributed by atoms with Crippen LogP contribution in [-0.2, 0) is 6.42 Å². The Bertz CT molecular complexity index is 478. The van der Waals surface area contributed by atoms with Gasteiger partial charge in [0.25, 0.3) is 0 Å². The second-order valence-electron chi connectivity index (χ2n) is 7.42. The van der Waals surface area contributed by atoms with Gasteiger partial charge >= 0.3 is 0 Å². The molecule has 2 bridgehead atoms. The second kappa shape index (κ2) is 4.57. The van der Waals surface area contributed by atoms with Gasteiger partial charge in [-0.25, -0.2) is 0 Å². The van der Waals surface area contributed by atoms with Crippen molar-refractivity contribution in [3.8, 4) is 0 Å². The third kappa shape index (κ3) is 1.85. The first-order chi connectivity index (χ1) is 9.69. The van der Waals surface area contributed by atoms with Crippen molar-refractivity contribution < 1.29 is 0 Å². The zero-order valence-corrected chi connectivity index (χ0v) is 12.5. The Morgan fingerprint density at radius 1 is 1.35 bits per heavy atom. The summed E-state index contributed by atoms with van der Waals surface area (Å²) in [5.74, 6) is 10.6. The van der Waals surface area contributed by atoms with E-state index in [1.165, 1.54) is 25.0 Å². The van der Waals surface area contributed by atoms with Gasteiger partial charge in [-0.3, -0.25) is 16.0 Å². The fraction of sp³-hybridized carbons (Fsp3) is 0.812. The smallest absolute Gasteiger partial charge is 0.0640 e. The molecule has 4 nitrogen and oxygen atoms in total. The van der Waals surface area contributed by atoms with E-state index in [4.69, 9.17) is 5.84 Å². The zero-order valence-electron chi connectivity index (χ0n) is 12.5. The van der Waals surface area contributed by atoms with Crippen molar-refractivity contribution >= 4 is 0 Å². The van der Waals surface area contributed by atoms with E-state index in [1.54, 1.807) is 0 Å². The van der Waals surface area contributed by atoms with Crippen molar-refractivity contribution in [1.82, 2.24) is 15.2 Å². The van der Waals surface area contributed by atoms with E-state index < -0.39 is 0 Å². The highest BCUT2D eigenvalue weighted by Crippen LogP contribution is 2.70. The quantitative estimate of drug-likeness (QED) is 0.639. The Morgan fingerprint density at radius 3 is 2.60 bits per heavy atom. The van der Waals surface area contributed by atoms with Gasteiger partial charge in [-0.05, 0) is 68.8 Å². The molecule has 5 atom stereocenters. The van der Waals surface area contributed by atoms with E-state index in [0.717, 1.165) is 36.0 Å². The van der Waals surface area contributed by atoms with Crippen molar-refractivity contribution in [2.75, 3.05) is 0 Å². The number of aromatic nitrogens is 2.